The van der Waals surface area contributed by atoms with Crippen LogP contribution in [0, 0.1) is 5.92 Å². The summed E-state index contributed by atoms with van der Waals surface area (Å²) in [5, 5.41) is 0. The fourth-order valence-corrected chi connectivity index (χ4v) is 6.11. The van der Waals surface area contributed by atoms with Crippen molar-refractivity contribution in [2.75, 3.05) is 18.6 Å². The van der Waals surface area contributed by atoms with E-state index in [4.69, 9.17) is 4.74 Å². The molecule has 2 unspecified atom stereocenters. The van der Waals surface area contributed by atoms with Crippen LogP contribution in [-0.2, 0) is 9.59 Å². The zero-order valence-corrected chi connectivity index (χ0v) is 21.9. The molecule has 3 aliphatic rings. The Labute approximate surface area is 228 Å². The van der Waals surface area contributed by atoms with Crippen LogP contribution in [0.2, 0.25) is 0 Å². The second kappa shape index (κ2) is 9.45. The number of nitrogens with zero attached hydrogens (tertiary/aromatic N) is 3. The van der Waals surface area contributed by atoms with E-state index in [1.807, 2.05) is 88.8 Å². The average Bonchev–Trinajstić information content (AvgIpc) is 3.92. The Morgan fingerprint density at radius 2 is 1.56 bits per heavy atom. The molecule has 39 heavy (non-hydrogen) atoms. The van der Waals surface area contributed by atoms with Gasteiger partial charge in [-0.25, -0.2) is 0 Å². The largest absolute Gasteiger partial charge is 0.497 e. The maximum atomic E-state index is 14.3. The normalized spacial score (nSPS) is 21.1. The first-order chi connectivity index (χ1) is 19.1. The van der Waals surface area contributed by atoms with Gasteiger partial charge in [-0.2, -0.15) is 0 Å². The number of amides is 2. The summed E-state index contributed by atoms with van der Waals surface area (Å²) in [4.78, 5) is 31.9. The van der Waals surface area contributed by atoms with Crippen molar-refractivity contribution in [3.05, 3.63) is 114 Å². The van der Waals surface area contributed by atoms with E-state index < -0.39 is 0 Å². The highest BCUT2D eigenvalue weighted by atomic mass is 16.5. The number of fused-ring (bicyclic) bond motifs is 3. The van der Waals surface area contributed by atoms with Crippen molar-refractivity contribution < 1.29 is 14.3 Å². The highest BCUT2D eigenvalue weighted by Crippen LogP contribution is 2.50. The van der Waals surface area contributed by atoms with Gasteiger partial charge in [-0.05, 0) is 72.7 Å². The van der Waals surface area contributed by atoms with Gasteiger partial charge in [0, 0.05) is 18.2 Å². The van der Waals surface area contributed by atoms with Gasteiger partial charge in [0.1, 0.15) is 18.3 Å². The highest BCUT2D eigenvalue weighted by Gasteiger charge is 2.49. The molecule has 0 saturated heterocycles. The van der Waals surface area contributed by atoms with Crippen LogP contribution in [0.5, 0.6) is 5.75 Å². The molecule has 3 aromatic carbocycles. The molecule has 4 aromatic rings. The number of carbonyl (C=O) groups is 2. The first-order valence-corrected chi connectivity index (χ1v) is 13.7. The lowest BCUT2D eigenvalue weighted by atomic mass is 9.97. The van der Waals surface area contributed by atoms with Gasteiger partial charge in [-0.15, -0.1) is 0 Å². The predicted octanol–water partition coefficient (Wildman–Crippen LogP) is 5.72. The summed E-state index contributed by atoms with van der Waals surface area (Å²) >= 11 is 0. The van der Waals surface area contributed by atoms with Gasteiger partial charge >= 0.3 is 0 Å². The molecule has 0 N–H and O–H groups in total. The summed E-state index contributed by atoms with van der Waals surface area (Å²) in [5.74, 6) is 1.04. The molecule has 2 amide bonds. The number of ether oxygens (including phenoxy) is 1. The molecule has 2 saturated carbocycles. The minimum atomic E-state index is -0.317. The Morgan fingerprint density at radius 3 is 2.28 bits per heavy atom. The number of para-hydroxylation sites is 2. The topological polar surface area (TPSA) is 54.8 Å². The Hall–Kier alpha value is -4.32. The van der Waals surface area contributed by atoms with Crippen molar-refractivity contribution in [3.8, 4) is 11.4 Å². The van der Waals surface area contributed by atoms with Crippen LogP contribution in [0.3, 0.4) is 0 Å². The van der Waals surface area contributed by atoms with Crippen LogP contribution in [0.4, 0.5) is 5.69 Å². The summed E-state index contributed by atoms with van der Waals surface area (Å²) < 4.78 is 7.55. The first kappa shape index (κ1) is 23.8. The molecule has 2 heterocycles. The molecule has 0 radical (unpaired) electrons. The van der Waals surface area contributed by atoms with Crippen molar-refractivity contribution >= 4 is 17.5 Å². The minimum absolute atomic E-state index is 0.0379. The van der Waals surface area contributed by atoms with Crippen LogP contribution in [0.25, 0.3) is 5.69 Å². The van der Waals surface area contributed by atoms with Gasteiger partial charge in [0.25, 0.3) is 0 Å². The second-order valence-corrected chi connectivity index (χ2v) is 10.8. The van der Waals surface area contributed by atoms with E-state index in [1.165, 1.54) is 5.56 Å². The van der Waals surface area contributed by atoms with Crippen LogP contribution in [0.1, 0.15) is 48.0 Å². The van der Waals surface area contributed by atoms with Crippen molar-refractivity contribution in [2.24, 2.45) is 5.92 Å². The molecule has 6 heteroatoms. The van der Waals surface area contributed by atoms with Gasteiger partial charge in [0.15, 0.2) is 0 Å². The SMILES string of the molecule is COc1ccc(C2c3cccn3-c3ccccc3N2C(=O)CN(C(=O)C2C[C@H]2c2ccccc2)C2CC2)cc1. The molecule has 2 aliphatic carbocycles. The van der Waals surface area contributed by atoms with E-state index >= 15 is 0 Å². The number of anilines is 1. The van der Waals surface area contributed by atoms with Crippen LogP contribution in [0.15, 0.2) is 97.2 Å². The quantitative estimate of drug-likeness (QED) is 0.315. The molecule has 3 atom stereocenters. The number of hydrogen-bond acceptors (Lipinski definition) is 3. The highest BCUT2D eigenvalue weighted by molar-refractivity contribution is 6.01. The van der Waals surface area contributed by atoms with Gasteiger partial charge in [-0.3, -0.25) is 14.5 Å². The lowest BCUT2D eigenvalue weighted by molar-refractivity contribution is -0.137. The fourth-order valence-electron chi connectivity index (χ4n) is 6.11. The summed E-state index contributed by atoms with van der Waals surface area (Å²) in [5.41, 5.74) is 5.04. The van der Waals surface area contributed by atoms with Crippen molar-refractivity contribution in [2.45, 2.75) is 37.3 Å². The van der Waals surface area contributed by atoms with E-state index in [0.717, 1.165) is 47.6 Å². The molecule has 2 fully saturated rings. The second-order valence-electron chi connectivity index (χ2n) is 10.8. The summed E-state index contributed by atoms with van der Waals surface area (Å²) in [7, 11) is 1.65. The lowest BCUT2D eigenvalue weighted by Gasteiger charge is -2.39. The third kappa shape index (κ3) is 4.20. The predicted molar refractivity (Wildman–Crippen MR) is 150 cm³/mol. The Bertz CT molecular complexity index is 1520. The maximum Gasteiger partial charge on any atom is 0.247 e. The van der Waals surface area contributed by atoms with Crippen molar-refractivity contribution in [1.29, 1.82) is 0 Å². The van der Waals surface area contributed by atoms with E-state index in [9.17, 15) is 9.59 Å². The lowest BCUT2D eigenvalue weighted by Crippen LogP contribution is -2.47. The van der Waals surface area contributed by atoms with Gasteiger partial charge in [0.2, 0.25) is 11.8 Å². The third-order valence-electron chi connectivity index (χ3n) is 8.33. The van der Waals surface area contributed by atoms with Gasteiger partial charge in [-0.1, -0.05) is 54.6 Å². The standard InChI is InChI=1S/C33H31N3O3/c1-39-25-17-13-23(14-18-25)32-30-12-7-19-34(30)28-10-5-6-11-29(28)36(32)31(37)21-35(24-15-16-24)33(38)27-20-26(27)22-8-3-2-4-9-22/h2-14,17-19,24,26-27,32H,15-16,20-21H2,1H3/t26-,27?,32?/m0/s1. The van der Waals surface area contributed by atoms with E-state index in [2.05, 4.69) is 22.8 Å². The number of carbonyl (C=O) groups excluding carboxylic acids is 2. The van der Waals surface area contributed by atoms with E-state index in [1.54, 1.807) is 7.11 Å². The van der Waals surface area contributed by atoms with E-state index in [-0.39, 0.29) is 42.3 Å². The van der Waals surface area contributed by atoms with Gasteiger partial charge < -0.3 is 14.2 Å². The zero-order valence-electron chi connectivity index (χ0n) is 21.9. The van der Waals surface area contributed by atoms with Crippen molar-refractivity contribution in [3.63, 3.8) is 0 Å². The first-order valence-electron chi connectivity index (χ1n) is 13.7. The zero-order chi connectivity index (χ0) is 26.5. The number of methoxy groups -OCH3 is 1. The molecule has 196 valence electrons. The Kier molecular flexibility index (Phi) is 5.76. The molecule has 1 aliphatic heterocycles. The fraction of sp³-hybridized carbons (Fsp3) is 0.273. The molecule has 0 bridgehead atoms. The number of benzene rings is 3. The molecule has 1 aromatic heterocycles. The number of rotatable bonds is 7. The van der Waals surface area contributed by atoms with Crippen molar-refractivity contribution in [1.82, 2.24) is 9.47 Å². The smallest absolute Gasteiger partial charge is 0.247 e. The Morgan fingerprint density at radius 1 is 0.846 bits per heavy atom. The van der Waals surface area contributed by atoms with E-state index in [0.29, 0.717) is 0 Å². The molecular formula is C33H31N3O3. The van der Waals surface area contributed by atoms with Crippen LogP contribution in [-0.4, -0.2) is 41.0 Å². The van der Waals surface area contributed by atoms with Crippen LogP contribution >= 0.6 is 0 Å². The average molecular weight is 518 g/mol. The summed E-state index contributed by atoms with van der Waals surface area (Å²) in [6.07, 6.45) is 4.82. The Balaban J connectivity index is 1.22. The monoisotopic (exact) mass is 517 g/mol. The number of hydrogen-bond donors (Lipinski definition) is 0. The third-order valence-corrected chi connectivity index (χ3v) is 8.33. The minimum Gasteiger partial charge on any atom is -0.497 e. The molecule has 7 rings (SSSR count). The summed E-state index contributed by atoms with van der Waals surface area (Å²) in [6.45, 7) is 0.0865. The maximum absolute atomic E-state index is 14.3. The number of aromatic nitrogens is 1. The van der Waals surface area contributed by atoms with Gasteiger partial charge in [0.05, 0.1) is 24.2 Å². The van der Waals surface area contributed by atoms with Crippen LogP contribution < -0.4 is 9.64 Å². The molecular weight excluding hydrogens is 486 g/mol. The summed E-state index contributed by atoms with van der Waals surface area (Å²) in [6, 6.07) is 30.1. The molecule has 6 nitrogen and oxygen atoms in total. The molecule has 0 spiro atoms.